The van der Waals surface area contributed by atoms with Crippen LogP contribution in [0, 0.1) is 0 Å². The van der Waals surface area contributed by atoms with Crippen molar-refractivity contribution < 1.29 is 19.4 Å². The summed E-state index contributed by atoms with van der Waals surface area (Å²) in [6.07, 6.45) is 1.51. The minimum Gasteiger partial charge on any atom is -0.489 e. The van der Waals surface area contributed by atoms with Gasteiger partial charge >= 0.3 is 6.09 Å². The van der Waals surface area contributed by atoms with Gasteiger partial charge in [-0.25, -0.2) is 9.78 Å². The fourth-order valence-electron chi connectivity index (χ4n) is 1.92. The number of ether oxygens (including phenoxy) is 2. The minimum atomic E-state index is -0.902. The molecule has 1 amide bonds. The van der Waals surface area contributed by atoms with E-state index in [9.17, 15) is 4.79 Å². The number of amides is 1. The summed E-state index contributed by atoms with van der Waals surface area (Å²) < 4.78 is 10.8. The number of hydrogen-bond acceptors (Lipinski definition) is 5. The molecule has 1 aromatic heterocycles. The van der Waals surface area contributed by atoms with Gasteiger partial charge < -0.3 is 19.5 Å². The predicted molar refractivity (Wildman–Crippen MR) is 66.8 cm³/mol. The summed E-state index contributed by atoms with van der Waals surface area (Å²) in [5.41, 5.74) is 0. The fourth-order valence-corrected chi connectivity index (χ4v) is 2.12. The maximum absolute atomic E-state index is 10.8. The zero-order valence-electron chi connectivity index (χ0n) is 10.4. The lowest BCUT2D eigenvalue weighted by Gasteiger charge is -2.30. The first-order chi connectivity index (χ1) is 9.11. The SMILES string of the molecule is COc1c(Cl)ncnc1OC1CCN(C(=O)O)CC1. The highest BCUT2D eigenvalue weighted by Crippen LogP contribution is 2.32. The van der Waals surface area contributed by atoms with Gasteiger partial charge in [-0.15, -0.1) is 0 Å². The largest absolute Gasteiger partial charge is 0.489 e. The quantitative estimate of drug-likeness (QED) is 0.851. The van der Waals surface area contributed by atoms with Crippen LogP contribution in [0.5, 0.6) is 11.6 Å². The van der Waals surface area contributed by atoms with E-state index in [2.05, 4.69) is 9.97 Å². The Labute approximate surface area is 115 Å². The van der Waals surface area contributed by atoms with Crippen LogP contribution in [0.4, 0.5) is 4.79 Å². The van der Waals surface area contributed by atoms with Crippen LogP contribution in [0.2, 0.25) is 5.15 Å². The third kappa shape index (κ3) is 3.17. The Balaban J connectivity index is 1.99. The average molecular weight is 288 g/mol. The standard InChI is InChI=1S/C11H14ClN3O4/c1-18-8-9(12)13-6-14-10(8)19-7-2-4-15(5-3-7)11(16)17/h6-7H,2-5H2,1H3,(H,16,17). The predicted octanol–water partition coefficient (Wildman–Crippen LogP) is 1.66. The van der Waals surface area contributed by atoms with Gasteiger partial charge in [0.1, 0.15) is 12.4 Å². The molecule has 1 aliphatic rings. The molecule has 19 heavy (non-hydrogen) atoms. The first kappa shape index (κ1) is 13.7. The first-order valence-corrected chi connectivity index (χ1v) is 6.18. The van der Waals surface area contributed by atoms with Crippen LogP contribution in [0.3, 0.4) is 0 Å². The summed E-state index contributed by atoms with van der Waals surface area (Å²) in [5.74, 6) is 0.584. The number of piperidine rings is 1. The maximum Gasteiger partial charge on any atom is 0.407 e. The topological polar surface area (TPSA) is 84.8 Å². The van der Waals surface area contributed by atoms with Gasteiger partial charge in [0.2, 0.25) is 5.75 Å². The second kappa shape index (κ2) is 5.92. The molecule has 8 heteroatoms. The van der Waals surface area contributed by atoms with Crippen LogP contribution in [0.15, 0.2) is 6.33 Å². The summed E-state index contributed by atoms with van der Waals surface area (Å²) in [6.45, 7) is 0.891. The molecule has 0 radical (unpaired) electrons. The van der Waals surface area contributed by atoms with Crippen molar-refractivity contribution in [3.8, 4) is 11.6 Å². The molecule has 0 unspecified atom stereocenters. The minimum absolute atomic E-state index is 0.101. The molecule has 1 saturated heterocycles. The van der Waals surface area contributed by atoms with E-state index in [4.69, 9.17) is 26.2 Å². The van der Waals surface area contributed by atoms with Crippen LogP contribution >= 0.6 is 11.6 Å². The Hall–Kier alpha value is -1.76. The summed E-state index contributed by atoms with van der Waals surface area (Å²) in [7, 11) is 1.46. The number of likely N-dealkylation sites (tertiary alicyclic amines) is 1. The fraction of sp³-hybridized carbons (Fsp3) is 0.545. The molecule has 104 valence electrons. The molecule has 0 aliphatic carbocycles. The Kier molecular flexibility index (Phi) is 4.26. The second-order valence-electron chi connectivity index (χ2n) is 4.09. The van der Waals surface area contributed by atoms with E-state index < -0.39 is 6.09 Å². The van der Waals surface area contributed by atoms with Gasteiger partial charge in [0.05, 0.1) is 7.11 Å². The summed E-state index contributed by atoms with van der Waals surface area (Å²) in [5, 5.41) is 9.05. The number of carboxylic acid groups (broad SMARTS) is 1. The van der Waals surface area contributed by atoms with Crippen molar-refractivity contribution in [2.24, 2.45) is 0 Å². The number of hydrogen-bond donors (Lipinski definition) is 1. The number of methoxy groups -OCH3 is 1. The molecule has 0 saturated carbocycles. The number of rotatable bonds is 3. The molecule has 0 atom stereocenters. The van der Waals surface area contributed by atoms with Crippen molar-refractivity contribution in [1.29, 1.82) is 0 Å². The molecule has 2 heterocycles. The van der Waals surface area contributed by atoms with E-state index in [1.165, 1.54) is 18.3 Å². The van der Waals surface area contributed by atoms with Crippen LogP contribution in [0.25, 0.3) is 0 Å². The van der Waals surface area contributed by atoms with Crippen LogP contribution in [-0.2, 0) is 0 Å². The lowest BCUT2D eigenvalue weighted by Crippen LogP contribution is -2.41. The van der Waals surface area contributed by atoms with Crippen LogP contribution < -0.4 is 9.47 Å². The van der Waals surface area contributed by atoms with Crippen molar-refractivity contribution in [2.45, 2.75) is 18.9 Å². The lowest BCUT2D eigenvalue weighted by molar-refractivity contribution is 0.0851. The Morgan fingerprint density at radius 2 is 2.16 bits per heavy atom. The van der Waals surface area contributed by atoms with E-state index >= 15 is 0 Å². The number of halogens is 1. The third-order valence-corrected chi connectivity index (χ3v) is 3.19. The smallest absolute Gasteiger partial charge is 0.407 e. The maximum atomic E-state index is 10.8. The van der Waals surface area contributed by atoms with Gasteiger partial charge in [-0.05, 0) is 0 Å². The lowest BCUT2D eigenvalue weighted by atomic mass is 10.1. The van der Waals surface area contributed by atoms with Gasteiger partial charge in [-0.2, -0.15) is 4.98 Å². The molecular formula is C11H14ClN3O4. The van der Waals surface area contributed by atoms with Crippen molar-refractivity contribution in [3.63, 3.8) is 0 Å². The Bertz CT molecular complexity index is 463. The highest BCUT2D eigenvalue weighted by atomic mass is 35.5. The second-order valence-corrected chi connectivity index (χ2v) is 4.45. The molecule has 7 nitrogen and oxygen atoms in total. The van der Waals surface area contributed by atoms with E-state index in [0.717, 1.165) is 0 Å². The van der Waals surface area contributed by atoms with E-state index in [0.29, 0.717) is 31.7 Å². The van der Waals surface area contributed by atoms with Crippen molar-refractivity contribution in [3.05, 3.63) is 11.5 Å². The molecule has 0 aromatic carbocycles. The first-order valence-electron chi connectivity index (χ1n) is 5.81. The number of aromatic nitrogens is 2. The third-order valence-electron chi connectivity index (χ3n) is 2.92. The zero-order valence-corrected chi connectivity index (χ0v) is 11.1. The van der Waals surface area contributed by atoms with Crippen molar-refractivity contribution >= 4 is 17.7 Å². The molecule has 1 aliphatic heterocycles. The number of carbonyl (C=O) groups is 1. The summed E-state index contributed by atoms with van der Waals surface area (Å²) in [4.78, 5) is 19.9. The molecule has 2 rings (SSSR count). The molecule has 0 spiro atoms. The van der Waals surface area contributed by atoms with E-state index in [1.807, 2.05) is 0 Å². The highest BCUT2D eigenvalue weighted by Gasteiger charge is 2.25. The van der Waals surface area contributed by atoms with Gasteiger partial charge in [0, 0.05) is 25.9 Å². The van der Waals surface area contributed by atoms with Crippen LogP contribution in [-0.4, -0.2) is 52.4 Å². The van der Waals surface area contributed by atoms with Crippen LogP contribution in [0.1, 0.15) is 12.8 Å². The Morgan fingerprint density at radius 3 is 2.74 bits per heavy atom. The number of nitrogens with zero attached hydrogens (tertiary/aromatic N) is 3. The van der Waals surface area contributed by atoms with E-state index in [-0.39, 0.29) is 17.1 Å². The normalized spacial score (nSPS) is 16.2. The molecule has 1 aromatic rings. The zero-order chi connectivity index (χ0) is 13.8. The monoisotopic (exact) mass is 287 g/mol. The molecular weight excluding hydrogens is 274 g/mol. The van der Waals surface area contributed by atoms with Gasteiger partial charge in [0.15, 0.2) is 5.15 Å². The molecule has 1 N–H and O–H groups in total. The van der Waals surface area contributed by atoms with Gasteiger partial charge in [-0.3, -0.25) is 0 Å². The summed E-state index contributed by atoms with van der Waals surface area (Å²) in [6, 6.07) is 0. The Morgan fingerprint density at radius 1 is 1.47 bits per heavy atom. The van der Waals surface area contributed by atoms with Gasteiger partial charge in [-0.1, -0.05) is 11.6 Å². The van der Waals surface area contributed by atoms with E-state index in [1.54, 1.807) is 0 Å². The molecule has 0 bridgehead atoms. The van der Waals surface area contributed by atoms with Gasteiger partial charge in [0.25, 0.3) is 5.88 Å². The average Bonchev–Trinajstić information content (AvgIpc) is 2.39. The molecule has 1 fully saturated rings. The highest BCUT2D eigenvalue weighted by molar-refractivity contribution is 6.31. The van der Waals surface area contributed by atoms with Crippen molar-refractivity contribution in [1.82, 2.24) is 14.9 Å². The van der Waals surface area contributed by atoms with Crippen molar-refractivity contribution in [2.75, 3.05) is 20.2 Å². The summed E-state index contributed by atoms with van der Waals surface area (Å²) >= 11 is 5.87.